The maximum Gasteiger partial charge on any atom is 0.182 e. The maximum absolute atomic E-state index is 13.3. The molecule has 0 aliphatic heterocycles. The van der Waals surface area contributed by atoms with E-state index in [4.69, 9.17) is 5.73 Å². The van der Waals surface area contributed by atoms with Crippen molar-refractivity contribution >= 4 is 27.3 Å². The molecule has 2 N–H and O–H groups in total. The lowest BCUT2D eigenvalue weighted by molar-refractivity contribution is 0.627. The Kier molecular flexibility index (Phi) is 2.52. The number of nitrogen functional groups attached to an aromatic ring is 1. The van der Waals surface area contributed by atoms with Crippen LogP contribution < -0.4 is 5.73 Å². The summed E-state index contributed by atoms with van der Waals surface area (Å²) >= 11 is 3.24. The van der Waals surface area contributed by atoms with E-state index in [9.17, 15) is 4.39 Å². The monoisotopic (exact) mass is 306 g/mol. The van der Waals surface area contributed by atoms with Crippen LogP contribution in [0.2, 0.25) is 0 Å². The first-order valence-corrected chi connectivity index (χ1v) is 5.99. The van der Waals surface area contributed by atoms with E-state index < -0.39 is 0 Å². The lowest BCUT2D eigenvalue weighted by Gasteiger charge is -1.97. The van der Waals surface area contributed by atoms with E-state index in [0.717, 1.165) is 0 Å². The third-order valence-electron chi connectivity index (χ3n) is 2.47. The van der Waals surface area contributed by atoms with Crippen LogP contribution in [0.15, 0.2) is 41.0 Å². The molecule has 90 valence electrons. The lowest BCUT2D eigenvalue weighted by Crippen LogP contribution is -1.91. The molecule has 0 unspecified atom stereocenters. The van der Waals surface area contributed by atoms with Crippen LogP contribution in [0.25, 0.3) is 17.0 Å². The summed E-state index contributed by atoms with van der Waals surface area (Å²) < 4.78 is 15.5. The number of aromatic nitrogens is 3. The summed E-state index contributed by atoms with van der Waals surface area (Å²) in [4.78, 5) is 4.32. The largest absolute Gasteiger partial charge is 0.397 e. The predicted molar refractivity (Wildman–Crippen MR) is 70.5 cm³/mol. The number of nitrogens with two attached hydrogens (primary N) is 1. The van der Waals surface area contributed by atoms with Gasteiger partial charge in [0.15, 0.2) is 11.5 Å². The van der Waals surface area contributed by atoms with Gasteiger partial charge in [0.2, 0.25) is 0 Å². The highest BCUT2D eigenvalue weighted by Gasteiger charge is 2.08. The third kappa shape index (κ3) is 1.95. The molecule has 0 aliphatic carbocycles. The minimum Gasteiger partial charge on any atom is -0.397 e. The second kappa shape index (κ2) is 4.06. The van der Waals surface area contributed by atoms with Crippen LogP contribution in [-0.4, -0.2) is 14.6 Å². The number of rotatable bonds is 1. The molecule has 0 aliphatic rings. The fraction of sp³-hybridized carbons (Fsp3) is 0. The van der Waals surface area contributed by atoms with Crippen LogP contribution in [0.5, 0.6) is 0 Å². The van der Waals surface area contributed by atoms with Crippen molar-refractivity contribution in [2.75, 3.05) is 5.73 Å². The number of fused-ring (bicyclic) bond motifs is 1. The Morgan fingerprint density at radius 1 is 1.22 bits per heavy atom. The predicted octanol–water partition coefficient (Wildman–Crippen LogP) is 2.88. The number of pyridine rings is 1. The standard InChI is InChI=1S/C12H8BrFN4/c13-8-3-7(4-9(14)5-8)12-16-11-2-1-10(15)6-18(11)17-12/h1-6H,15H2. The molecule has 2 heterocycles. The second-order valence-electron chi connectivity index (χ2n) is 3.86. The number of benzene rings is 1. The van der Waals surface area contributed by atoms with Gasteiger partial charge in [0.25, 0.3) is 0 Å². The van der Waals surface area contributed by atoms with Crippen molar-refractivity contribution < 1.29 is 4.39 Å². The number of hydrogen-bond donors (Lipinski definition) is 1. The fourth-order valence-electron chi connectivity index (χ4n) is 1.70. The van der Waals surface area contributed by atoms with Crippen LogP contribution in [0.1, 0.15) is 0 Å². The zero-order valence-corrected chi connectivity index (χ0v) is 10.7. The molecular formula is C12H8BrFN4. The first-order valence-electron chi connectivity index (χ1n) is 5.20. The molecule has 0 radical (unpaired) electrons. The average molecular weight is 307 g/mol. The molecule has 0 bridgehead atoms. The van der Waals surface area contributed by atoms with Crippen molar-refractivity contribution in [3.05, 3.63) is 46.8 Å². The highest BCUT2D eigenvalue weighted by atomic mass is 79.9. The summed E-state index contributed by atoms with van der Waals surface area (Å²) in [7, 11) is 0. The number of anilines is 1. The summed E-state index contributed by atoms with van der Waals surface area (Å²) in [5.41, 5.74) is 7.54. The minimum atomic E-state index is -0.335. The minimum absolute atomic E-state index is 0.335. The SMILES string of the molecule is Nc1ccc2nc(-c3cc(F)cc(Br)c3)nn2c1. The van der Waals surface area contributed by atoms with Gasteiger partial charge in [-0.1, -0.05) is 15.9 Å². The van der Waals surface area contributed by atoms with Crippen molar-refractivity contribution in [3.63, 3.8) is 0 Å². The van der Waals surface area contributed by atoms with Gasteiger partial charge in [0.05, 0.1) is 11.9 Å². The van der Waals surface area contributed by atoms with Crippen molar-refractivity contribution in [2.24, 2.45) is 0 Å². The quantitative estimate of drug-likeness (QED) is 0.752. The summed E-state index contributed by atoms with van der Waals surface area (Å²) in [6, 6.07) is 8.05. The highest BCUT2D eigenvalue weighted by Crippen LogP contribution is 2.22. The molecule has 18 heavy (non-hydrogen) atoms. The Hall–Kier alpha value is -1.95. The molecule has 6 heteroatoms. The van der Waals surface area contributed by atoms with Crippen molar-refractivity contribution in [1.82, 2.24) is 14.6 Å². The Morgan fingerprint density at radius 3 is 2.83 bits per heavy atom. The normalized spacial score (nSPS) is 11.0. The van der Waals surface area contributed by atoms with Crippen LogP contribution in [0, 0.1) is 5.82 Å². The van der Waals surface area contributed by atoms with Crippen LogP contribution in [0.3, 0.4) is 0 Å². The molecule has 0 saturated carbocycles. The number of nitrogens with zero attached hydrogens (tertiary/aromatic N) is 3. The average Bonchev–Trinajstić information content (AvgIpc) is 2.70. The molecule has 3 aromatic rings. The van der Waals surface area contributed by atoms with Gasteiger partial charge in [-0.15, -0.1) is 5.10 Å². The van der Waals surface area contributed by atoms with E-state index in [1.54, 1.807) is 28.9 Å². The lowest BCUT2D eigenvalue weighted by atomic mass is 10.2. The smallest absolute Gasteiger partial charge is 0.182 e. The van der Waals surface area contributed by atoms with Gasteiger partial charge in [-0.25, -0.2) is 13.9 Å². The topological polar surface area (TPSA) is 56.2 Å². The van der Waals surface area contributed by atoms with E-state index in [0.29, 0.717) is 27.2 Å². The zero-order valence-electron chi connectivity index (χ0n) is 9.14. The van der Waals surface area contributed by atoms with Gasteiger partial charge in [-0.05, 0) is 30.3 Å². The first-order chi connectivity index (χ1) is 8.61. The van der Waals surface area contributed by atoms with Gasteiger partial charge in [0, 0.05) is 10.0 Å². The molecule has 4 nitrogen and oxygen atoms in total. The molecule has 0 amide bonds. The van der Waals surface area contributed by atoms with Crippen LogP contribution >= 0.6 is 15.9 Å². The van der Waals surface area contributed by atoms with E-state index in [1.807, 2.05) is 0 Å². The Morgan fingerprint density at radius 2 is 2.06 bits per heavy atom. The van der Waals surface area contributed by atoms with Gasteiger partial charge in [-0.2, -0.15) is 0 Å². The highest BCUT2D eigenvalue weighted by molar-refractivity contribution is 9.10. The van der Waals surface area contributed by atoms with Gasteiger partial charge >= 0.3 is 0 Å². The Labute approximate surface area is 110 Å². The number of halogens is 2. The molecule has 1 aromatic carbocycles. The van der Waals surface area contributed by atoms with Crippen molar-refractivity contribution in [3.8, 4) is 11.4 Å². The molecule has 0 atom stereocenters. The van der Waals surface area contributed by atoms with E-state index in [1.165, 1.54) is 12.1 Å². The summed E-state index contributed by atoms with van der Waals surface area (Å²) in [5.74, 6) is 0.124. The van der Waals surface area contributed by atoms with Crippen molar-refractivity contribution in [2.45, 2.75) is 0 Å². The molecule has 0 saturated heterocycles. The molecule has 0 fully saturated rings. The summed E-state index contributed by atoms with van der Waals surface area (Å²) in [6.45, 7) is 0. The Balaban J connectivity index is 2.19. The van der Waals surface area contributed by atoms with Gasteiger partial charge in [0.1, 0.15) is 5.82 Å². The molecule has 3 rings (SSSR count). The van der Waals surface area contributed by atoms with E-state index in [2.05, 4.69) is 26.0 Å². The fourth-order valence-corrected chi connectivity index (χ4v) is 2.17. The zero-order chi connectivity index (χ0) is 12.7. The molecule has 0 spiro atoms. The second-order valence-corrected chi connectivity index (χ2v) is 4.77. The van der Waals surface area contributed by atoms with Gasteiger partial charge < -0.3 is 5.73 Å². The number of hydrogen-bond acceptors (Lipinski definition) is 3. The van der Waals surface area contributed by atoms with Gasteiger partial charge in [-0.3, -0.25) is 0 Å². The van der Waals surface area contributed by atoms with E-state index >= 15 is 0 Å². The summed E-state index contributed by atoms with van der Waals surface area (Å²) in [5, 5.41) is 4.26. The molecular weight excluding hydrogens is 299 g/mol. The third-order valence-corrected chi connectivity index (χ3v) is 2.93. The Bertz CT molecular complexity index is 718. The van der Waals surface area contributed by atoms with E-state index in [-0.39, 0.29) is 5.82 Å². The molecule has 2 aromatic heterocycles. The maximum atomic E-state index is 13.3. The summed E-state index contributed by atoms with van der Waals surface area (Å²) in [6.07, 6.45) is 1.67. The van der Waals surface area contributed by atoms with Crippen LogP contribution in [0.4, 0.5) is 10.1 Å². The van der Waals surface area contributed by atoms with Crippen molar-refractivity contribution in [1.29, 1.82) is 0 Å². The first kappa shape index (κ1) is 11.2. The van der Waals surface area contributed by atoms with Crippen LogP contribution in [-0.2, 0) is 0 Å².